The zero-order valence-electron chi connectivity index (χ0n) is 10.8. The molecule has 0 aromatic carbocycles. The summed E-state index contributed by atoms with van der Waals surface area (Å²) in [4.78, 5) is 15.6. The lowest BCUT2D eigenvalue weighted by atomic mass is 10.1. The lowest BCUT2D eigenvalue weighted by molar-refractivity contribution is 0.0635. The molecule has 0 aliphatic carbocycles. The van der Waals surface area contributed by atoms with Crippen LogP contribution in [0.5, 0.6) is 0 Å². The lowest BCUT2D eigenvalue weighted by Gasteiger charge is -2.19. The highest BCUT2D eigenvalue weighted by atomic mass is 16.6. The Balaban J connectivity index is 2.61. The van der Waals surface area contributed by atoms with Gasteiger partial charge in [-0.2, -0.15) is 0 Å². The molecule has 1 amide bonds. The number of nitrogens with one attached hydrogen (secondary N) is 1. The fourth-order valence-electron chi connectivity index (χ4n) is 1.18. The monoisotopic (exact) mass is 235 g/mol. The van der Waals surface area contributed by atoms with Crippen LogP contribution in [-0.4, -0.2) is 16.7 Å². The molecule has 1 atom stereocenters. The van der Waals surface area contributed by atoms with E-state index in [2.05, 4.69) is 17.2 Å². The maximum absolute atomic E-state index is 11.5. The molecule has 0 aliphatic rings. The van der Waals surface area contributed by atoms with Crippen LogP contribution in [0.1, 0.15) is 39.2 Å². The normalized spacial score (nSPS) is 11.4. The Labute approximate surface area is 102 Å². The zero-order valence-corrected chi connectivity index (χ0v) is 10.8. The van der Waals surface area contributed by atoms with Crippen LogP contribution >= 0.6 is 0 Å². The molecule has 0 saturated heterocycles. The Bertz CT molecular complexity index is 377. The molecule has 0 spiro atoms. The highest BCUT2D eigenvalue weighted by molar-refractivity contribution is 5.83. The first-order chi connectivity index (χ1) is 7.78. The minimum atomic E-state index is -0.508. The van der Waals surface area contributed by atoms with Crippen LogP contribution in [-0.2, 0) is 4.74 Å². The van der Waals surface area contributed by atoms with Gasteiger partial charge in [0.05, 0.1) is 0 Å². The van der Waals surface area contributed by atoms with Crippen molar-refractivity contribution in [1.82, 2.24) is 4.98 Å². The van der Waals surface area contributed by atoms with E-state index < -0.39 is 11.7 Å². The van der Waals surface area contributed by atoms with Crippen LogP contribution in [0.3, 0.4) is 0 Å². The van der Waals surface area contributed by atoms with Gasteiger partial charge < -0.3 is 4.74 Å². The van der Waals surface area contributed by atoms with E-state index in [4.69, 9.17) is 4.74 Å². The predicted octanol–water partition coefficient (Wildman–Crippen LogP) is 3.37. The molecular formula is C13H19N2O2. The molecule has 1 heterocycles. The summed E-state index contributed by atoms with van der Waals surface area (Å²) in [5, 5.41) is 2.57. The topological polar surface area (TPSA) is 51.2 Å². The summed E-state index contributed by atoms with van der Waals surface area (Å²) >= 11 is 0. The molecule has 1 rings (SSSR count). The number of anilines is 1. The molecule has 4 heteroatoms. The predicted molar refractivity (Wildman–Crippen MR) is 67.9 cm³/mol. The number of aromatic nitrogens is 1. The third-order valence-corrected chi connectivity index (χ3v) is 1.98. The van der Waals surface area contributed by atoms with Gasteiger partial charge in [0.15, 0.2) is 0 Å². The summed E-state index contributed by atoms with van der Waals surface area (Å²) in [6.45, 7) is 11.3. The highest BCUT2D eigenvalue weighted by Crippen LogP contribution is 2.15. The summed E-state index contributed by atoms with van der Waals surface area (Å²) in [5.41, 5.74) is 0.519. The van der Waals surface area contributed by atoms with E-state index in [9.17, 15) is 4.79 Å². The van der Waals surface area contributed by atoms with Crippen molar-refractivity contribution in [3.05, 3.63) is 30.8 Å². The Morgan fingerprint density at radius 3 is 2.53 bits per heavy atom. The van der Waals surface area contributed by atoms with Crippen molar-refractivity contribution in [2.75, 3.05) is 5.32 Å². The van der Waals surface area contributed by atoms with Gasteiger partial charge in [0.2, 0.25) is 0 Å². The van der Waals surface area contributed by atoms with E-state index in [0.717, 1.165) is 5.56 Å². The van der Waals surface area contributed by atoms with Gasteiger partial charge in [-0.05, 0) is 45.2 Å². The van der Waals surface area contributed by atoms with E-state index in [-0.39, 0.29) is 5.92 Å². The van der Waals surface area contributed by atoms with Crippen LogP contribution in [0.25, 0.3) is 0 Å². The first-order valence-electron chi connectivity index (χ1n) is 5.57. The number of amides is 1. The summed E-state index contributed by atoms with van der Waals surface area (Å²) in [7, 11) is 0. The molecule has 4 nitrogen and oxygen atoms in total. The second-order valence-electron chi connectivity index (χ2n) is 5.00. The van der Waals surface area contributed by atoms with Crippen molar-refractivity contribution < 1.29 is 9.53 Å². The lowest BCUT2D eigenvalue weighted by Crippen LogP contribution is -2.27. The summed E-state index contributed by atoms with van der Waals surface area (Å²) in [5.74, 6) is 0.654. The van der Waals surface area contributed by atoms with Gasteiger partial charge in [0.1, 0.15) is 11.4 Å². The van der Waals surface area contributed by atoms with Gasteiger partial charge in [0.25, 0.3) is 0 Å². The van der Waals surface area contributed by atoms with Crippen LogP contribution in [0.4, 0.5) is 10.6 Å². The van der Waals surface area contributed by atoms with Crippen LogP contribution in [0.15, 0.2) is 18.3 Å². The number of rotatable bonds is 2. The van der Waals surface area contributed by atoms with Crippen molar-refractivity contribution in [2.24, 2.45) is 0 Å². The SMILES string of the molecule is [CH2]C(C)c1ccc(NC(=O)OC(C)(C)C)nc1. The number of ether oxygens (including phenoxy) is 1. The van der Waals surface area contributed by atoms with Gasteiger partial charge >= 0.3 is 6.09 Å². The number of hydrogen-bond acceptors (Lipinski definition) is 3. The minimum Gasteiger partial charge on any atom is -0.444 e. The molecule has 0 fully saturated rings. The van der Waals surface area contributed by atoms with Gasteiger partial charge in [0, 0.05) is 6.20 Å². The van der Waals surface area contributed by atoms with Crippen molar-refractivity contribution in [2.45, 2.75) is 39.2 Å². The van der Waals surface area contributed by atoms with E-state index >= 15 is 0 Å². The number of carbonyl (C=O) groups excluding carboxylic acids is 1. The van der Waals surface area contributed by atoms with Crippen molar-refractivity contribution in [3.8, 4) is 0 Å². The average Bonchev–Trinajstić information content (AvgIpc) is 2.15. The number of nitrogens with zero attached hydrogens (tertiary/aromatic N) is 1. The van der Waals surface area contributed by atoms with Crippen LogP contribution in [0, 0.1) is 6.92 Å². The molecule has 1 radical (unpaired) electrons. The third kappa shape index (κ3) is 4.85. The van der Waals surface area contributed by atoms with E-state index in [0.29, 0.717) is 5.82 Å². The van der Waals surface area contributed by atoms with Crippen LogP contribution < -0.4 is 5.32 Å². The summed E-state index contributed by atoms with van der Waals surface area (Å²) < 4.78 is 5.12. The first-order valence-corrected chi connectivity index (χ1v) is 5.57. The molecule has 1 aromatic rings. The molecular weight excluding hydrogens is 216 g/mol. The molecule has 1 aromatic heterocycles. The molecule has 1 unspecified atom stereocenters. The maximum atomic E-state index is 11.5. The van der Waals surface area contributed by atoms with Gasteiger partial charge in [-0.3, -0.25) is 5.32 Å². The highest BCUT2D eigenvalue weighted by Gasteiger charge is 2.16. The fraction of sp³-hybridized carbons (Fsp3) is 0.462. The maximum Gasteiger partial charge on any atom is 0.413 e. The Hall–Kier alpha value is -1.58. The standard InChI is InChI=1S/C13H19N2O2/c1-9(2)10-6-7-11(14-8-10)15-12(16)17-13(3,4)5/h6-9H,1H2,2-5H3,(H,14,15,16). The largest absolute Gasteiger partial charge is 0.444 e. The number of hydrogen-bond donors (Lipinski definition) is 1. The fourth-order valence-corrected chi connectivity index (χ4v) is 1.18. The molecule has 1 N–H and O–H groups in total. The Morgan fingerprint density at radius 2 is 2.12 bits per heavy atom. The summed E-state index contributed by atoms with van der Waals surface area (Å²) in [6, 6.07) is 3.62. The van der Waals surface area contributed by atoms with Crippen molar-refractivity contribution in [1.29, 1.82) is 0 Å². The second-order valence-corrected chi connectivity index (χ2v) is 5.00. The van der Waals surface area contributed by atoms with Gasteiger partial charge in [-0.25, -0.2) is 9.78 Å². The van der Waals surface area contributed by atoms with Gasteiger partial charge in [-0.1, -0.05) is 13.0 Å². The van der Waals surface area contributed by atoms with E-state index in [1.54, 1.807) is 12.3 Å². The van der Waals surface area contributed by atoms with Crippen molar-refractivity contribution in [3.63, 3.8) is 0 Å². The summed E-state index contributed by atoms with van der Waals surface area (Å²) in [6.07, 6.45) is 1.20. The average molecular weight is 235 g/mol. The minimum absolute atomic E-state index is 0.179. The van der Waals surface area contributed by atoms with Gasteiger partial charge in [-0.15, -0.1) is 0 Å². The quantitative estimate of drug-likeness (QED) is 0.855. The number of carbonyl (C=O) groups is 1. The molecule has 93 valence electrons. The zero-order chi connectivity index (χ0) is 13.1. The Morgan fingerprint density at radius 1 is 1.47 bits per heavy atom. The molecule has 0 bridgehead atoms. The number of pyridine rings is 1. The smallest absolute Gasteiger partial charge is 0.413 e. The molecule has 0 aliphatic heterocycles. The van der Waals surface area contributed by atoms with Crippen LogP contribution in [0.2, 0.25) is 0 Å². The molecule has 0 saturated carbocycles. The molecule has 17 heavy (non-hydrogen) atoms. The van der Waals surface area contributed by atoms with E-state index in [1.807, 2.05) is 33.8 Å². The third-order valence-electron chi connectivity index (χ3n) is 1.98. The van der Waals surface area contributed by atoms with Crippen molar-refractivity contribution >= 4 is 11.9 Å². The first kappa shape index (κ1) is 13.5. The van der Waals surface area contributed by atoms with E-state index in [1.165, 1.54) is 0 Å². The Kier molecular flexibility index (Phi) is 4.10. The second kappa shape index (κ2) is 5.17.